The summed E-state index contributed by atoms with van der Waals surface area (Å²) in [7, 11) is -3.77. The molecular weight excluding hydrogens is 317 g/mol. The third-order valence-corrected chi connectivity index (χ3v) is 5.33. The summed E-state index contributed by atoms with van der Waals surface area (Å²) in [4.78, 5) is 6.71. The molecule has 23 heavy (non-hydrogen) atoms. The summed E-state index contributed by atoms with van der Waals surface area (Å²) in [5.74, 6) is -0.399. The highest BCUT2D eigenvalue weighted by Gasteiger charge is 2.26. The minimum atomic E-state index is -3.77. The zero-order chi connectivity index (χ0) is 16.4. The highest BCUT2D eigenvalue weighted by Crippen LogP contribution is 2.28. The maximum atomic E-state index is 13.8. The van der Waals surface area contributed by atoms with E-state index in [1.807, 2.05) is 0 Å². The molecule has 5 nitrogen and oxygen atoms in total. The average Bonchev–Trinajstić information content (AvgIpc) is 3.05. The monoisotopic (exact) mass is 331 g/mol. The third kappa shape index (κ3) is 2.88. The van der Waals surface area contributed by atoms with Crippen LogP contribution in [-0.2, 0) is 9.84 Å². The molecule has 0 bridgehead atoms. The lowest BCUT2D eigenvalue weighted by atomic mass is 10.1. The highest BCUT2D eigenvalue weighted by atomic mass is 32.2. The van der Waals surface area contributed by atoms with Crippen LogP contribution in [0, 0.1) is 5.82 Å². The Bertz CT molecular complexity index is 923. The van der Waals surface area contributed by atoms with Gasteiger partial charge >= 0.3 is 0 Å². The molecule has 0 aliphatic rings. The van der Waals surface area contributed by atoms with Gasteiger partial charge in [-0.05, 0) is 30.3 Å². The predicted octanol–water partition coefficient (Wildman–Crippen LogP) is 2.65. The molecule has 0 fully saturated rings. The molecule has 0 saturated heterocycles. The van der Waals surface area contributed by atoms with E-state index in [4.69, 9.17) is 5.73 Å². The van der Waals surface area contributed by atoms with E-state index in [9.17, 15) is 12.8 Å². The number of halogens is 1. The van der Waals surface area contributed by atoms with Crippen molar-refractivity contribution in [1.29, 1.82) is 0 Å². The molecule has 3 N–H and O–H groups in total. The van der Waals surface area contributed by atoms with E-state index < -0.39 is 21.0 Å². The first-order valence-corrected chi connectivity index (χ1v) is 8.37. The van der Waals surface area contributed by atoms with Gasteiger partial charge in [-0.2, -0.15) is 0 Å². The molecule has 1 atom stereocenters. The van der Waals surface area contributed by atoms with Crippen molar-refractivity contribution in [3.8, 4) is 11.3 Å². The van der Waals surface area contributed by atoms with E-state index in [1.54, 1.807) is 18.2 Å². The van der Waals surface area contributed by atoms with Crippen LogP contribution in [0.2, 0.25) is 0 Å². The number of nitrogens with two attached hydrogens (primary N) is 1. The molecule has 0 amide bonds. The molecule has 1 aromatic carbocycles. The summed E-state index contributed by atoms with van der Waals surface area (Å²) in [5.41, 5.74) is 7.08. The van der Waals surface area contributed by atoms with Crippen molar-refractivity contribution in [1.82, 2.24) is 9.97 Å². The van der Waals surface area contributed by atoms with Gasteiger partial charge in [-0.1, -0.05) is 12.1 Å². The molecule has 3 rings (SSSR count). The fourth-order valence-corrected chi connectivity index (χ4v) is 3.52. The van der Waals surface area contributed by atoms with Crippen molar-refractivity contribution in [3.05, 3.63) is 72.4 Å². The summed E-state index contributed by atoms with van der Waals surface area (Å²) in [6.45, 7) is 0. The zero-order valence-corrected chi connectivity index (χ0v) is 12.8. The summed E-state index contributed by atoms with van der Waals surface area (Å²) in [6.07, 6.45) is 4.21. The molecule has 118 valence electrons. The SMILES string of the molecule is NC(c1c[nH]c(-c2ccccc2F)c1)S(=O)(=O)c1cccnc1. The molecular formula is C16H14FN3O2S. The highest BCUT2D eigenvalue weighted by molar-refractivity contribution is 7.91. The third-order valence-electron chi connectivity index (χ3n) is 3.50. The van der Waals surface area contributed by atoms with Crippen LogP contribution in [-0.4, -0.2) is 18.4 Å². The molecule has 1 unspecified atom stereocenters. The second kappa shape index (κ2) is 5.94. The maximum Gasteiger partial charge on any atom is 0.199 e. The van der Waals surface area contributed by atoms with E-state index in [-0.39, 0.29) is 4.90 Å². The van der Waals surface area contributed by atoms with Crippen LogP contribution in [0.15, 0.2) is 66.0 Å². The second-order valence-corrected chi connectivity index (χ2v) is 7.05. The molecule has 0 aliphatic carbocycles. The Kier molecular flexibility index (Phi) is 3.97. The summed E-state index contributed by atoms with van der Waals surface area (Å²) >= 11 is 0. The zero-order valence-electron chi connectivity index (χ0n) is 12.0. The van der Waals surface area contributed by atoms with Crippen molar-refractivity contribution in [2.24, 2.45) is 5.73 Å². The number of sulfone groups is 1. The van der Waals surface area contributed by atoms with Crippen LogP contribution in [0.4, 0.5) is 4.39 Å². The minimum Gasteiger partial charge on any atom is -0.361 e. The normalized spacial score (nSPS) is 13.0. The van der Waals surface area contributed by atoms with Gasteiger partial charge in [0.1, 0.15) is 11.2 Å². The Morgan fingerprint density at radius 3 is 2.65 bits per heavy atom. The van der Waals surface area contributed by atoms with E-state index in [0.717, 1.165) is 0 Å². The Balaban J connectivity index is 1.96. The molecule has 0 radical (unpaired) electrons. The Labute approximate surface area is 132 Å². The minimum absolute atomic E-state index is 0.0427. The first-order valence-electron chi connectivity index (χ1n) is 6.83. The number of hydrogen-bond acceptors (Lipinski definition) is 4. The van der Waals surface area contributed by atoms with Gasteiger partial charge in [-0.25, -0.2) is 12.8 Å². The molecule has 2 heterocycles. The topological polar surface area (TPSA) is 88.8 Å². The molecule has 0 saturated carbocycles. The van der Waals surface area contributed by atoms with E-state index in [0.29, 0.717) is 16.8 Å². The van der Waals surface area contributed by atoms with Gasteiger partial charge in [0, 0.05) is 35.4 Å². The quantitative estimate of drug-likeness (QED) is 0.769. The standard InChI is InChI=1S/C16H14FN3O2S/c17-14-6-2-1-5-13(14)15-8-11(9-20-15)16(18)23(21,22)12-4-3-7-19-10-12/h1-10,16,20H,18H2. The fourth-order valence-electron chi connectivity index (χ4n) is 2.25. The van der Waals surface area contributed by atoms with E-state index in [1.165, 1.54) is 42.9 Å². The van der Waals surface area contributed by atoms with Gasteiger partial charge in [-0.3, -0.25) is 4.98 Å². The number of nitrogens with one attached hydrogen (secondary N) is 1. The lowest BCUT2D eigenvalue weighted by molar-refractivity contribution is 0.583. The van der Waals surface area contributed by atoms with Gasteiger partial charge in [0.15, 0.2) is 9.84 Å². The van der Waals surface area contributed by atoms with Gasteiger partial charge < -0.3 is 10.7 Å². The average molecular weight is 331 g/mol. The smallest absolute Gasteiger partial charge is 0.199 e. The van der Waals surface area contributed by atoms with Crippen LogP contribution < -0.4 is 5.73 Å². The first-order chi connectivity index (χ1) is 11.0. The summed E-state index contributed by atoms with van der Waals surface area (Å²) < 4.78 is 38.8. The summed E-state index contributed by atoms with van der Waals surface area (Å²) in [6, 6.07) is 10.7. The molecule has 2 aromatic heterocycles. The van der Waals surface area contributed by atoms with Crippen molar-refractivity contribution in [3.63, 3.8) is 0 Å². The van der Waals surface area contributed by atoms with Gasteiger partial charge in [-0.15, -0.1) is 0 Å². The van der Waals surface area contributed by atoms with Gasteiger partial charge in [0.25, 0.3) is 0 Å². The number of pyridine rings is 1. The lowest BCUT2D eigenvalue weighted by Gasteiger charge is -2.11. The number of aromatic amines is 1. The van der Waals surface area contributed by atoms with Crippen LogP contribution in [0.5, 0.6) is 0 Å². The largest absolute Gasteiger partial charge is 0.361 e. The number of H-pyrrole nitrogens is 1. The second-order valence-electron chi connectivity index (χ2n) is 4.98. The van der Waals surface area contributed by atoms with Crippen molar-refractivity contribution < 1.29 is 12.8 Å². The molecule has 0 spiro atoms. The van der Waals surface area contributed by atoms with E-state index >= 15 is 0 Å². The summed E-state index contributed by atoms with van der Waals surface area (Å²) in [5, 5.41) is -1.26. The van der Waals surface area contributed by atoms with Crippen LogP contribution in [0.1, 0.15) is 10.9 Å². The van der Waals surface area contributed by atoms with Crippen molar-refractivity contribution >= 4 is 9.84 Å². The van der Waals surface area contributed by atoms with Crippen LogP contribution >= 0.6 is 0 Å². The van der Waals surface area contributed by atoms with Gasteiger partial charge in [0.05, 0.1) is 4.90 Å². The number of nitrogens with zero attached hydrogens (tertiary/aromatic N) is 1. The lowest BCUT2D eigenvalue weighted by Crippen LogP contribution is -2.21. The Morgan fingerprint density at radius 1 is 1.17 bits per heavy atom. The van der Waals surface area contributed by atoms with Crippen molar-refractivity contribution in [2.75, 3.05) is 0 Å². The Hall–Kier alpha value is -2.51. The number of rotatable bonds is 4. The maximum absolute atomic E-state index is 13.8. The van der Waals surface area contributed by atoms with E-state index in [2.05, 4.69) is 9.97 Å². The fraction of sp³-hybridized carbons (Fsp3) is 0.0625. The van der Waals surface area contributed by atoms with Crippen molar-refractivity contribution in [2.45, 2.75) is 10.3 Å². The molecule has 0 aliphatic heterocycles. The van der Waals surface area contributed by atoms with Gasteiger partial charge in [0.2, 0.25) is 0 Å². The van der Waals surface area contributed by atoms with Crippen LogP contribution in [0.25, 0.3) is 11.3 Å². The number of hydrogen-bond donors (Lipinski definition) is 2. The molecule has 7 heteroatoms. The molecule has 3 aromatic rings. The van der Waals surface area contributed by atoms with Crippen LogP contribution in [0.3, 0.4) is 0 Å². The number of benzene rings is 1. The number of aromatic nitrogens is 2. The first kappa shape index (κ1) is 15.4. The predicted molar refractivity (Wildman–Crippen MR) is 84.5 cm³/mol. The Morgan fingerprint density at radius 2 is 1.96 bits per heavy atom.